The molecule has 1 nitrogen and oxygen atoms in total. The minimum absolute atomic E-state index is 0.0292. The van der Waals surface area contributed by atoms with Crippen molar-refractivity contribution in [1.29, 1.82) is 0 Å². The number of piperidine rings is 1. The van der Waals surface area contributed by atoms with E-state index in [0.29, 0.717) is 6.42 Å². The first-order valence-corrected chi connectivity index (χ1v) is 6.25. The molecule has 4 heteroatoms. The van der Waals surface area contributed by atoms with Crippen molar-refractivity contribution in [3.8, 4) is 0 Å². The largest absolute Gasteiger partial charge is 0.393 e. The third-order valence-corrected chi connectivity index (χ3v) is 3.68. The lowest BCUT2D eigenvalue weighted by Gasteiger charge is -2.32. The monoisotopic (exact) mass is 257 g/mol. The van der Waals surface area contributed by atoms with Crippen LogP contribution in [0.15, 0.2) is 18.2 Å². The Hall–Kier alpha value is -1.03. The van der Waals surface area contributed by atoms with Crippen molar-refractivity contribution in [3.05, 3.63) is 34.9 Å². The van der Waals surface area contributed by atoms with E-state index < -0.39 is 12.1 Å². The van der Waals surface area contributed by atoms with Crippen molar-refractivity contribution in [2.45, 2.75) is 38.9 Å². The normalized spacial score (nSPS) is 25.2. The zero-order chi connectivity index (χ0) is 13.3. The van der Waals surface area contributed by atoms with Crippen molar-refractivity contribution in [2.75, 3.05) is 6.54 Å². The van der Waals surface area contributed by atoms with Crippen LogP contribution in [0.25, 0.3) is 0 Å². The highest BCUT2D eigenvalue weighted by atomic mass is 19.4. The fourth-order valence-corrected chi connectivity index (χ4v) is 2.62. The molecule has 1 saturated heterocycles. The molecule has 0 amide bonds. The standard InChI is InChI=1S/C14H18F3N/c1-9-3-5-12(10(2)7-9)13-6-4-11(8-18-13)14(15,16)17/h3,5,7,11,13,18H,4,6,8H2,1-2H3. The van der Waals surface area contributed by atoms with Gasteiger partial charge in [0.2, 0.25) is 0 Å². The number of hydrogen-bond acceptors (Lipinski definition) is 1. The third-order valence-electron chi connectivity index (χ3n) is 3.68. The summed E-state index contributed by atoms with van der Waals surface area (Å²) in [5.74, 6) is -1.19. The fraction of sp³-hybridized carbons (Fsp3) is 0.571. The predicted octanol–water partition coefficient (Wildman–Crippen LogP) is 3.91. The molecule has 1 N–H and O–H groups in total. The van der Waals surface area contributed by atoms with Crippen LogP contribution in [0.1, 0.15) is 35.6 Å². The Morgan fingerprint density at radius 2 is 1.89 bits per heavy atom. The van der Waals surface area contributed by atoms with Gasteiger partial charge in [-0.3, -0.25) is 0 Å². The van der Waals surface area contributed by atoms with Crippen LogP contribution in [0.2, 0.25) is 0 Å². The van der Waals surface area contributed by atoms with Crippen molar-refractivity contribution in [3.63, 3.8) is 0 Å². The SMILES string of the molecule is Cc1ccc(C2CCC(C(F)(F)F)CN2)c(C)c1. The van der Waals surface area contributed by atoms with Gasteiger partial charge >= 0.3 is 6.18 Å². The lowest BCUT2D eigenvalue weighted by Crippen LogP contribution is -2.40. The summed E-state index contributed by atoms with van der Waals surface area (Å²) in [6.45, 7) is 4.06. The first-order chi connectivity index (χ1) is 8.38. The quantitative estimate of drug-likeness (QED) is 0.804. The maximum Gasteiger partial charge on any atom is 0.393 e. The highest BCUT2D eigenvalue weighted by Gasteiger charge is 2.41. The molecule has 1 heterocycles. The van der Waals surface area contributed by atoms with Crippen molar-refractivity contribution in [1.82, 2.24) is 5.32 Å². The van der Waals surface area contributed by atoms with Gasteiger partial charge < -0.3 is 5.32 Å². The van der Waals surface area contributed by atoms with E-state index in [1.807, 2.05) is 26.0 Å². The smallest absolute Gasteiger partial charge is 0.309 e. The molecule has 1 aromatic carbocycles. The molecule has 0 radical (unpaired) electrons. The van der Waals surface area contributed by atoms with Gasteiger partial charge in [0.25, 0.3) is 0 Å². The van der Waals surface area contributed by atoms with Crippen LogP contribution in [-0.2, 0) is 0 Å². The minimum atomic E-state index is -4.07. The molecule has 0 spiro atoms. The van der Waals surface area contributed by atoms with Crippen molar-refractivity contribution >= 4 is 0 Å². The highest BCUT2D eigenvalue weighted by molar-refractivity contribution is 5.33. The van der Waals surface area contributed by atoms with Crippen LogP contribution in [0.5, 0.6) is 0 Å². The van der Waals surface area contributed by atoms with E-state index in [2.05, 4.69) is 11.4 Å². The summed E-state index contributed by atoms with van der Waals surface area (Å²) in [5, 5.41) is 3.03. The average Bonchev–Trinajstić information content (AvgIpc) is 2.28. The molecule has 18 heavy (non-hydrogen) atoms. The van der Waals surface area contributed by atoms with E-state index >= 15 is 0 Å². The molecule has 0 bridgehead atoms. The summed E-state index contributed by atoms with van der Waals surface area (Å²) in [7, 11) is 0. The molecule has 0 aromatic heterocycles. The Balaban J connectivity index is 2.06. The molecule has 2 unspecified atom stereocenters. The van der Waals surface area contributed by atoms with Crippen LogP contribution in [0, 0.1) is 19.8 Å². The molecular formula is C14H18F3N. The van der Waals surface area contributed by atoms with Gasteiger partial charge in [0.05, 0.1) is 5.92 Å². The Labute approximate surface area is 105 Å². The summed E-state index contributed by atoms with van der Waals surface area (Å²) >= 11 is 0. The zero-order valence-electron chi connectivity index (χ0n) is 10.6. The van der Waals surface area contributed by atoms with Crippen LogP contribution in [0.4, 0.5) is 13.2 Å². The van der Waals surface area contributed by atoms with Crippen LogP contribution < -0.4 is 5.32 Å². The van der Waals surface area contributed by atoms with E-state index in [1.165, 1.54) is 5.56 Å². The van der Waals surface area contributed by atoms with Gasteiger partial charge in [-0.1, -0.05) is 23.8 Å². The van der Waals surface area contributed by atoms with Gasteiger partial charge in [-0.25, -0.2) is 0 Å². The average molecular weight is 257 g/mol. The minimum Gasteiger partial charge on any atom is -0.309 e. The van der Waals surface area contributed by atoms with Gasteiger partial charge in [0, 0.05) is 12.6 Å². The van der Waals surface area contributed by atoms with Crippen molar-refractivity contribution in [2.24, 2.45) is 5.92 Å². The summed E-state index contributed by atoms with van der Waals surface area (Å²) in [4.78, 5) is 0. The van der Waals surface area contributed by atoms with E-state index in [0.717, 1.165) is 11.1 Å². The van der Waals surface area contributed by atoms with Gasteiger partial charge in [0.15, 0.2) is 0 Å². The summed E-state index contributed by atoms with van der Waals surface area (Å²) < 4.78 is 37.7. The van der Waals surface area contributed by atoms with Gasteiger partial charge in [-0.05, 0) is 37.8 Å². The van der Waals surface area contributed by atoms with Crippen molar-refractivity contribution < 1.29 is 13.2 Å². The molecule has 1 aliphatic rings. The number of rotatable bonds is 1. The fourth-order valence-electron chi connectivity index (χ4n) is 2.62. The number of aryl methyl sites for hydroxylation is 2. The van der Waals surface area contributed by atoms with Gasteiger partial charge in [-0.2, -0.15) is 13.2 Å². The van der Waals surface area contributed by atoms with E-state index in [-0.39, 0.29) is 19.0 Å². The molecule has 1 aromatic rings. The van der Waals surface area contributed by atoms with Crippen LogP contribution >= 0.6 is 0 Å². The Morgan fingerprint density at radius 3 is 2.39 bits per heavy atom. The predicted molar refractivity (Wildman–Crippen MR) is 65.4 cm³/mol. The van der Waals surface area contributed by atoms with E-state index in [4.69, 9.17) is 0 Å². The summed E-state index contributed by atoms with van der Waals surface area (Å²) in [6, 6.07) is 6.17. The molecular weight excluding hydrogens is 239 g/mol. The maximum atomic E-state index is 12.6. The molecule has 0 aliphatic carbocycles. The maximum absolute atomic E-state index is 12.6. The molecule has 1 aliphatic heterocycles. The number of benzene rings is 1. The number of halogens is 3. The van der Waals surface area contributed by atoms with Crippen LogP contribution in [0.3, 0.4) is 0 Å². The summed E-state index contributed by atoms with van der Waals surface area (Å²) in [6.07, 6.45) is -3.30. The second-order valence-electron chi connectivity index (χ2n) is 5.14. The number of nitrogens with one attached hydrogen (secondary N) is 1. The van der Waals surface area contributed by atoms with Gasteiger partial charge in [-0.15, -0.1) is 0 Å². The van der Waals surface area contributed by atoms with E-state index in [9.17, 15) is 13.2 Å². The first kappa shape index (κ1) is 13.4. The molecule has 2 atom stereocenters. The highest BCUT2D eigenvalue weighted by Crippen LogP contribution is 2.36. The molecule has 0 saturated carbocycles. The Kier molecular flexibility index (Phi) is 3.66. The Bertz CT molecular complexity index is 418. The summed E-state index contributed by atoms with van der Waals surface area (Å²) in [5.41, 5.74) is 3.46. The molecule has 1 fully saturated rings. The lowest BCUT2D eigenvalue weighted by molar-refractivity contribution is -0.179. The topological polar surface area (TPSA) is 12.0 Å². The lowest BCUT2D eigenvalue weighted by atomic mass is 9.88. The number of hydrogen-bond donors (Lipinski definition) is 1. The van der Waals surface area contributed by atoms with Gasteiger partial charge in [0.1, 0.15) is 0 Å². The molecule has 2 rings (SSSR count). The number of alkyl halides is 3. The zero-order valence-corrected chi connectivity index (χ0v) is 10.6. The second-order valence-corrected chi connectivity index (χ2v) is 5.14. The molecule has 100 valence electrons. The van der Waals surface area contributed by atoms with E-state index in [1.54, 1.807) is 0 Å². The first-order valence-electron chi connectivity index (χ1n) is 6.25. The third kappa shape index (κ3) is 2.86. The Morgan fingerprint density at radius 1 is 1.17 bits per heavy atom. The second kappa shape index (κ2) is 4.92. The van der Waals surface area contributed by atoms with Crippen LogP contribution in [-0.4, -0.2) is 12.7 Å².